The number of nitrogens with zero attached hydrogens (tertiary/aromatic N) is 1. The molecule has 0 radical (unpaired) electrons. The molecule has 0 spiro atoms. The van der Waals surface area contributed by atoms with Crippen LogP contribution in [0.1, 0.15) is 49.2 Å². The van der Waals surface area contributed by atoms with Crippen LogP contribution in [0.15, 0.2) is 18.2 Å². The monoisotopic (exact) mass is 321 g/mol. The van der Waals surface area contributed by atoms with Gasteiger partial charge in [0.05, 0.1) is 0 Å². The predicted octanol–water partition coefficient (Wildman–Crippen LogP) is 2.88. The van der Waals surface area contributed by atoms with Crippen LogP contribution in [0, 0.1) is 0 Å². The molecule has 1 aromatic carbocycles. The number of benzene rings is 1. The van der Waals surface area contributed by atoms with Gasteiger partial charge in [-0.15, -0.1) is 0 Å². The maximum Gasteiger partial charge on any atom is 0.410 e. The minimum absolute atomic E-state index is 0.0765. The average Bonchev–Trinajstić information content (AvgIpc) is 2.45. The zero-order valence-corrected chi connectivity index (χ0v) is 14.0. The molecule has 0 fully saturated rings. The minimum atomic E-state index is -0.488. The summed E-state index contributed by atoms with van der Waals surface area (Å²) in [6.45, 7) is 8.00. The van der Waals surface area contributed by atoms with E-state index in [1.54, 1.807) is 11.8 Å². The van der Waals surface area contributed by atoms with Gasteiger partial charge in [-0.1, -0.05) is 18.2 Å². The third-order valence-corrected chi connectivity index (χ3v) is 3.30. The lowest BCUT2D eigenvalue weighted by Crippen LogP contribution is -2.40. The third-order valence-electron chi connectivity index (χ3n) is 3.30. The summed E-state index contributed by atoms with van der Waals surface area (Å²) in [6.07, 6.45) is 0.404. The molecule has 1 amide bonds. The third kappa shape index (κ3) is 5.39. The van der Waals surface area contributed by atoms with Gasteiger partial charge in [-0.2, -0.15) is 0 Å². The number of amides is 1. The van der Waals surface area contributed by atoms with Gasteiger partial charge in [0.2, 0.25) is 0 Å². The normalized spacial score (nSPS) is 13.3. The van der Waals surface area contributed by atoms with Crippen LogP contribution >= 0.6 is 0 Å². The zero-order valence-electron chi connectivity index (χ0n) is 14.0. The van der Waals surface area contributed by atoms with Crippen molar-refractivity contribution in [3.63, 3.8) is 0 Å². The molecule has 1 heterocycles. The van der Waals surface area contributed by atoms with Crippen LogP contribution in [0.4, 0.5) is 4.79 Å². The van der Waals surface area contributed by atoms with Crippen LogP contribution in [0.2, 0.25) is 0 Å². The molecule has 6 heteroatoms. The van der Waals surface area contributed by atoms with Crippen molar-refractivity contribution in [2.45, 2.75) is 46.3 Å². The Hall–Kier alpha value is -2.37. The first-order valence-electron chi connectivity index (χ1n) is 7.37. The van der Waals surface area contributed by atoms with E-state index in [1.165, 1.54) is 0 Å². The molecular formula is C17H23NO5. The highest BCUT2D eigenvalue weighted by molar-refractivity contribution is 5.96. The summed E-state index contributed by atoms with van der Waals surface area (Å²) in [4.78, 5) is 33.7. The summed E-state index contributed by atoms with van der Waals surface area (Å²) in [5.74, 6) is 0.0765. The molecule has 0 bridgehead atoms. The Labute approximate surface area is 136 Å². The molecule has 0 saturated carbocycles. The van der Waals surface area contributed by atoms with Gasteiger partial charge in [0.15, 0.2) is 5.78 Å². The number of Topliss-reactive ketones (excluding diaryl/α,β-unsaturated/α-hetero) is 1. The molecule has 1 aliphatic heterocycles. The molecule has 1 aromatic rings. The standard InChI is InChI=1S/C16H21NO3.CH2O2/c1-11(18)13-7-5-6-12-10-17(9-8-14(12)13)15(19)20-16(2,3)4;2-1-3/h5-7H,8-10H2,1-4H3;1H,(H,2,3). The number of rotatable bonds is 1. The lowest BCUT2D eigenvalue weighted by molar-refractivity contribution is -0.122. The van der Waals surface area contributed by atoms with Gasteiger partial charge in [-0.25, -0.2) is 4.79 Å². The molecule has 23 heavy (non-hydrogen) atoms. The largest absolute Gasteiger partial charge is 0.483 e. The fourth-order valence-electron chi connectivity index (χ4n) is 2.42. The van der Waals surface area contributed by atoms with Gasteiger partial charge in [0.25, 0.3) is 6.47 Å². The molecule has 1 N–H and O–H groups in total. The molecule has 0 saturated heterocycles. The molecule has 0 atom stereocenters. The van der Waals surface area contributed by atoms with E-state index in [-0.39, 0.29) is 18.3 Å². The van der Waals surface area contributed by atoms with Gasteiger partial charge in [0.1, 0.15) is 5.60 Å². The van der Waals surface area contributed by atoms with Crippen molar-refractivity contribution < 1.29 is 24.2 Å². The highest BCUT2D eigenvalue weighted by Gasteiger charge is 2.27. The van der Waals surface area contributed by atoms with Crippen LogP contribution in [0.3, 0.4) is 0 Å². The van der Waals surface area contributed by atoms with Crippen molar-refractivity contribution in [3.8, 4) is 0 Å². The maximum atomic E-state index is 12.1. The van der Waals surface area contributed by atoms with Crippen LogP contribution in [0.5, 0.6) is 0 Å². The van der Waals surface area contributed by atoms with Crippen molar-refractivity contribution >= 4 is 18.3 Å². The second kappa shape index (κ2) is 7.76. The maximum absolute atomic E-state index is 12.1. The molecule has 0 aromatic heterocycles. The summed E-state index contributed by atoms with van der Waals surface area (Å²) in [7, 11) is 0. The SMILES string of the molecule is CC(=O)c1cccc2c1CCN(C(=O)OC(C)(C)C)C2.O=CO. The summed E-state index contributed by atoms with van der Waals surface area (Å²) in [5, 5.41) is 6.89. The number of hydrogen-bond acceptors (Lipinski definition) is 4. The Morgan fingerprint density at radius 3 is 2.43 bits per heavy atom. The van der Waals surface area contributed by atoms with E-state index < -0.39 is 5.60 Å². The first-order valence-corrected chi connectivity index (χ1v) is 7.37. The van der Waals surface area contributed by atoms with Crippen molar-refractivity contribution in [1.29, 1.82) is 0 Å². The van der Waals surface area contributed by atoms with Crippen LogP contribution < -0.4 is 0 Å². The number of carbonyl (C=O) groups is 3. The number of carbonyl (C=O) groups excluding carboxylic acids is 2. The van der Waals surface area contributed by atoms with Crippen molar-refractivity contribution in [2.75, 3.05) is 6.54 Å². The second-order valence-electron chi connectivity index (χ2n) is 6.26. The van der Waals surface area contributed by atoms with Crippen molar-refractivity contribution in [1.82, 2.24) is 4.90 Å². The first-order chi connectivity index (χ1) is 10.7. The van der Waals surface area contributed by atoms with E-state index in [4.69, 9.17) is 14.6 Å². The smallest absolute Gasteiger partial charge is 0.410 e. The van der Waals surface area contributed by atoms with E-state index in [0.717, 1.165) is 16.7 Å². The number of carboxylic acid groups (broad SMARTS) is 1. The van der Waals surface area contributed by atoms with Crippen molar-refractivity contribution in [2.24, 2.45) is 0 Å². The van der Waals surface area contributed by atoms with Gasteiger partial charge in [-0.3, -0.25) is 9.59 Å². The lowest BCUT2D eigenvalue weighted by atomic mass is 9.93. The second-order valence-corrected chi connectivity index (χ2v) is 6.26. The predicted molar refractivity (Wildman–Crippen MR) is 85.5 cm³/mol. The summed E-state index contributed by atoms with van der Waals surface area (Å²) >= 11 is 0. The number of hydrogen-bond donors (Lipinski definition) is 1. The highest BCUT2D eigenvalue weighted by Crippen LogP contribution is 2.24. The molecule has 0 unspecified atom stereocenters. The Morgan fingerprint density at radius 1 is 1.30 bits per heavy atom. The lowest BCUT2D eigenvalue weighted by Gasteiger charge is -2.31. The van der Waals surface area contributed by atoms with Gasteiger partial charge in [-0.05, 0) is 45.2 Å². The highest BCUT2D eigenvalue weighted by atomic mass is 16.6. The zero-order chi connectivity index (χ0) is 17.6. The summed E-state index contributed by atoms with van der Waals surface area (Å²) < 4.78 is 5.39. The van der Waals surface area contributed by atoms with Crippen molar-refractivity contribution in [3.05, 3.63) is 34.9 Å². The molecule has 1 aliphatic rings. The molecule has 0 aliphatic carbocycles. The van der Waals surface area contributed by atoms with Gasteiger partial charge >= 0.3 is 6.09 Å². The van der Waals surface area contributed by atoms with E-state index in [1.807, 2.05) is 39.0 Å². The fraction of sp³-hybridized carbons (Fsp3) is 0.471. The molecule has 6 nitrogen and oxygen atoms in total. The van der Waals surface area contributed by atoms with E-state index in [9.17, 15) is 9.59 Å². The van der Waals surface area contributed by atoms with Crippen LogP contribution in [-0.2, 0) is 22.5 Å². The average molecular weight is 321 g/mol. The Kier molecular flexibility index (Phi) is 6.30. The van der Waals surface area contributed by atoms with Crippen LogP contribution in [-0.4, -0.2) is 40.5 Å². The van der Waals surface area contributed by atoms with E-state index in [0.29, 0.717) is 19.5 Å². The Morgan fingerprint density at radius 2 is 1.91 bits per heavy atom. The van der Waals surface area contributed by atoms with Gasteiger partial charge < -0.3 is 14.7 Å². The van der Waals surface area contributed by atoms with E-state index in [2.05, 4.69) is 0 Å². The Balaban J connectivity index is 0.000000816. The van der Waals surface area contributed by atoms with Crippen LogP contribution in [0.25, 0.3) is 0 Å². The molecule has 2 rings (SSSR count). The number of ketones is 1. The summed E-state index contributed by atoms with van der Waals surface area (Å²) in [6, 6.07) is 5.69. The fourth-order valence-corrected chi connectivity index (χ4v) is 2.42. The number of fused-ring (bicyclic) bond motifs is 1. The molecular weight excluding hydrogens is 298 g/mol. The Bertz CT molecular complexity index is 589. The minimum Gasteiger partial charge on any atom is -0.483 e. The quantitative estimate of drug-likeness (QED) is 0.635. The first kappa shape index (κ1) is 18.7. The van der Waals surface area contributed by atoms with E-state index >= 15 is 0 Å². The summed E-state index contributed by atoms with van der Waals surface area (Å²) in [5.41, 5.74) is 2.39. The number of ether oxygens (including phenoxy) is 1. The molecule has 126 valence electrons. The topological polar surface area (TPSA) is 83.9 Å². The van der Waals surface area contributed by atoms with Gasteiger partial charge in [0, 0.05) is 18.7 Å².